The molecule has 0 radical (unpaired) electrons. The summed E-state index contributed by atoms with van der Waals surface area (Å²) in [5.41, 5.74) is 0.631. The molecule has 0 aromatic rings. The van der Waals surface area contributed by atoms with E-state index in [9.17, 15) is 4.79 Å². The monoisotopic (exact) mass is 168 g/mol. The van der Waals surface area contributed by atoms with Crippen LogP contribution in [0.4, 0.5) is 0 Å². The fraction of sp³-hybridized carbons (Fsp3) is 0.700. The summed E-state index contributed by atoms with van der Waals surface area (Å²) in [6, 6.07) is 0. The van der Waals surface area contributed by atoms with Crippen LogP contribution in [0.25, 0.3) is 0 Å². The third kappa shape index (κ3) is 2.10. The highest BCUT2D eigenvalue weighted by molar-refractivity contribution is 5.97. The third-order valence-corrected chi connectivity index (χ3v) is 1.85. The second kappa shape index (κ2) is 2.92. The summed E-state index contributed by atoms with van der Waals surface area (Å²) in [4.78, 5) is 11.1. The van der Waals surface area contributed by atoms with E-state index in [2.05, 4.69) is 0 Å². The van der Waals surface area contributed by atoms with E-state index in [-0.39, 0.29) is 11.4 Å². The molecule has 0 saturated heterocycles. The van der Waals surface area contributed by atoms with Gasteiger partial charge in [0, 0.05) is 18.4 Å². The predicted octanol–water partition coefficient (Wildman–Crippen LogP) is 2.44. The molecule has 0 aromatic heterocycles. The number of ketones is 1. The summed E-state index contributed by atoms with van der Waals surface area (Å²) in [7, 11) is 0. The van der Waals surface area contributed by atoms with Gasteiger partial charge in [-0.05, 0) is 27.7 Å². The lowest BCUT2D eigenvalue weighted by atomic mass is 10.2. The Kier molecular flexibility index (Phi) is 2.27. The molecule has 12 heavy (non-hydrogen) atoms. The lowest BCUT2D eigenvalue weighted by molar-refractivity contribution is -0.114. The van der Waals surface area contributed by atoms with E-state index in [4.69, 9.17) is 4.74 Å². The van der Waals surface area contributed by atoms with Crippen molar-refractivity contribution >= 4 is 5.78 Å². The molecule has 0 heterocycles. The van der Waals surface area contributed by atoms with E-state index in [1.54, 1.807) is 0 Å². The Morgan fingerprint density at radius 1 is 1.25 bits per heavy atom. The van der Waals surface area contributed by atoms with E-state index in [1.165, 1.54) is 0 Å². The summed E-state index contributed by atoms with van der Waals surface area (Å²) in [5, 5.41) is 0. The maximum atomic E-state index is 11.1. The molecule has 0 aromatic carbocycles. The number of ether oxygens (including phenoxy) is 1. The van der Waals surface area contributed by atoms with Crippen LogP contribution < -0.4 is 0 Å². The molecule has 1 rings (SSSR count). The molecule has 2 heteroatoms. The van der Waals surface area contributed by atoms with Gasteiger partial charge in [-0.2, -0.15) is 0 Å². The Labute approximate surface area is 73.6 Å². The van der Waals surface area contributed by atoms with Gasteiger partial charge < -0.3 is 4.74 Å². The van der Waals surface area contributed by atoms with Crippen molar-refractivity contribution in [3.05, 3.63) is 11.3 Å². The lowest BCUT2D eigenvalue weighted by Crippen LogP contribution is -2.18. The van der Waals surface area contributed by atoms with Crippen LogP contribution in [0, 0.1) is 0 Å². The first-order valence-electron chi connectivity index (χ1n) is 4.32. The van der Waals surface area contributed by atoms with Crippen LogP contribution in [0.5, 0.6) is 0 Å². The number of hydrogen-bond acceptors (Lipinski definition) is 2. The van der Waals surface area contributed by atoms with E-state index >= 15 is 0 Å². The predicted molar refractivity (Wildman–Crippen MR) is 47.8 cm³/mol. The van der Waals surface area contributed by atoms with E-state index < -0.39 is 0 Å². The highest BCUT2D eigenvalue weighted by Crippen LogP contribution is 2.27. The molecule has 0 aliphatic heterocycles. The molecular formula is C10H16O2. The van der Waals surface area contributed by atoms with Crippen LogP contribution in [-0.4, -0.2) is 11.4 Å². The Bertz CT molecular complexity index is 231. The largest absolute Gasteiger partial charge is 0.492 e. The van der Waals surface area contributed by atoms with Gasteiger partial charge in [0.05, 0.1) is 0 Å². The number of allylic oxidation sites excluding steroid dienone is 2. The molecule has 1 aliphatic rings. The standard InChI is InChI=1S/C10H16O2/c1-7-8(11)5-6-9(7)12-10(2,3)4/h5-6H2,1-4H3. The highest BCUT2D eigenvalue weighted by atomic mass is 16.5. The Morgan fingerprint density at radius 2 is 1.83 bits per heavy atom. The van der Waals surface area contributed by atoms with Gasteiger partial charge in [-0.3, -0.25) is 4.79 Å². The third-order valence-electron chi connectivity index (χ3n) is 1.85. The second-order valence-electron chi connectivity index (χ2n) is 4.19. The topological polar surface area (TPSA) is 26.3 Å². The number of rotatable bonds is 1. The number of carbonyl (C=O) groups is 1. The van der Waals surface area contributed by atoms with Crippen molar-refractivity contribution in [2.45, 2.75) is 46.1 Å². The number of Topliss-reactive ketones (excluding diaryl/α,β-unsaturated/α-hetero) is 1. The number of carbonyl (C=O) groups excluding carboxylic acids is 1. The lowest BCUT2D eigenvalue weighted by Gasteiger charge is -2.22. The van der Waals surface area contributed by atoms with Crippen LogP contribution in [0.1, 0.15) is 40.5 Å². The smallest absolute Gasteiger partial charge is 0.162 e. The molecule has 0 fully saturated rings. The minimum Gasteiger partial charge on any atom is -0.492 e. The molecule has 0 spiro atoms. The maximum absolute atomic E-state index is 11.1. The zero-order chi connectivity index (χ0) is 9.35. The van der Waals surface area contributed by atoms with Crippen molar-refractivity contribution in [1.82, 2.24) is 0 Å². The van der Waals surface area contributed by atoms with Crippen LogP contribution >= 0.6 is 0 Å². The average Bonchev–Trinajstić information content (AvgIpc) is 2.16. The van der Waals surface area contributed by atoms with Crippen molar-refractivity contribution in [2.75, 3.05) is 0 Å². The van der Waals surface area contributed by atoms with Gasteiger partial charge in [-0.25, -0.2) is 0 Å². The summed E-state index contributed by atoms with van der Waals surface area (Å²) in [6.07, 6.45) is 1.40. The van der Waals surface area contributed by atoms with Crippen LogP contribution in [0.3, 0.4) is 0 Å². The molecule has 0 bridgehead atoms. The fourth-order valence-corrected chi connectivity index (χ4v) is 1.25. The molecule has 0 N–H and O–H groups in total. The van der Waals surface area contributed by atoms with Gasteiger partial charge in [-0.15, -0.1) is 0 Å². The summed E-state index contributed by atoms with van der Waals surface area (Å²) < 4.78 is 5.64. The van der Waals surface area contributed by atoms with Crippen LogP contribution in [0.15, 0.2) is 11.3 Å². The number of hydrogen-bond donors (Lipinski definition) is 0. The van der Waals surface area contributed by atoms with Crippen LogP contribution in [-0.2, 0) is 9.53 Å². The normalized spacial score (nSPS) is 18.8. The first kappa shape index (κ1) is 9.30. The van der Waals surface area contributed by atoms with Crippen molar-refractivity contribution in [2.24, 2.45) is 0 Å². The summed E-state index contributed by atoms with van der Waals surface area (Å²) in [5.74, 6) is 1.11. The average molecular weight is 168 g/mol. The van der Waals surface area contributed by atoms with Crippen molar-refractivity contribution in [1.29, 1.82) is 0 Å². The maximum Gasteiger partial charge on any atom is 0.162 e. The fourth-order valence-electron chi connectivity index (χ4n) is 1.25. The van der Waals surface area contributed by atoms with Crippen molar-refractivity contribution < 1.29 is 9.53 Å². The molecule has 0 unspecified atom stereocenters. The van der Waals surface area contributed by atoms with E-state index in [0.29, 0.717) is 6.42 Å². The SMILES string of the molecule is CC1=C(OC(C)(C)C)CCC1=O. The van der Waals surface area contributed by atoms with E-state index in [0.717, 1.165) is 17.8 Å². The molecule has 0 atom stereocenters. The summed E-state index contributed by atoms with van der Waals surface area (Å²) >= 11 is 0. The van der Waals surface area contributed by atoms with Gasteiger partial charge in [-0.1, -0.05) is 0 Å². The summed E-state index contributed by atoms with van der Waals surface area (Å²) in [6.45, 7) is 7.83. The minimum atomic E-state index is -0.179. The molecule has 1 aliphatic carbocycles. The Hall–Kier alpha value is -0.790. The van der Waals surface area contributed by atoms with Crippen molar-refractivity contribution in [3.8, 4) is 0 Å². The highest BCUT2D eigenvalue weighted by Gasteiger charge is 2.24. The zero-order valence-corrected chi connectivity index (χ0v) is 8.23. The molecular weight excluding hydrogens is 152 g/mol. The Balaban J connectivity index is 2.71. The minimum absolute atomic E-state index is 0.179. The van der Waals surface area contributed by atoms with E-state index in [1.807, 2.05) is 27.7 Å². The molecule has 2 nitrogen and oxygen atoms in total. The van der Waals surface area contributed by atoms with Gasteiger partial charge in [0.25, 0.3) is 0 Å². The van der Waals surface area contributed by atoms with Crippen molar-refractivity contribution in [3.63, 3.8) is 0 Å². The van der Waals surface area contributed by atoms with Gasteiger partial charge in [0.15, 0.2) is 5.78 Å². The quantitative estimate of drug-likeness (QED) is 0.601. The Morgan fingerprint density at radius 3 is 2.17 bits per heavy atom. The zero-order valence-electron chi connectivity index (χ0n) is 8.23. The van der Waals surface area contributed by atoms with Gasteiger partial charge >= 0.3 is 0 Å². The first-order chi connectivity index (χ1) is 5.40. The van der Waals surface area contributed by atoms with Crippen LogP contribution in [0.2, 0.25) is 0 Å². The molecule has 0 amide bonds. The molecule has 68 valence electrons. The van der Waals surface area contributed by atoms with Gasteiger partial charge in [0.2, 0.25) is 0 Å². The second-order valence-corrected chi connectivity index (χ2v) is 4.19. The first-order valence-corrected chi connectivity index (χ1v) is 4.32. The van der Waals surface area contributed by atoms with Gasteiger partial charge in [0.1, 0.15) is 11.4 Å². The molecule has 0 saturated carbocycles.